The average molecular weight is 233 g/mol. The van der Waals surface area contributed by atoms with Gasteiger partial charge in [0.2, 0.25) is 0 Å². The molecule has 1 unspecified atom stereocenters. The van der Waals surface area contributed by atoms with Crippen LogP contribution >= 0.6 is 15.9 Å². The molecule has 0 saturated heterocycles. The molecule has 0 aromatic carbocycles. The van der Waals surface area contributed by atoms with Gasteiger partial charge in [-0.2, -0.15) is 0 Å². The van der Waals surface area contributed by atoms with Crippen molar-refractivity contribution in [2.24, 2.45) is 5.92 Å². The van der Waals surface area contributed by atoms with Crippen LogP contribution in [0.3, 0.4) is 0 Å². The Morgan fingerprint density at radius 2 is 2.08 bits per heavy atom. The van der Waals surface area contributed by atoms with E-state index in [9.17, 15) is 0 Å². The number of hydrogen-bond acceptors (Lipinski definition) is 0. The largest absolute Gasteiger partial charge is 0.103 e. The van der Waals surface area contributed by atoms with Gasteiger partial charge >= 0.3 is 0 Å². The number of hydrogen-bond donors (Lipinski definition) is 0. The van der Waals surface area contributed by atoms with Crippen molar-refractivity contribution in [2.75, 3.05) is 5.33 Å². The van der Waals surface area contributed by atoms with Gasteiger partial charge in [0.1, 0.15) is 0 Å². The number of alkyl halides is 1. The van der Waals surface area contributed by atoms with Crippen molar-refractivity contribution in [1.29, 1.82) is 0 Å². The van der Waals surface area contributed by atoms with Crippen molar-refractivity contribution in [3.05, 3.63) is 12.7 Å². The zero-order valence-corrected chi connectivity index (χ0v) is 9.78. The van der Waals surface area contributed by atoms with Crippen LogP contribution in [0.1, 0.15) is 45.4 Å². The average Bonchev–Trinajstić information content (AvgIpc) is 2.10. The van der Waals surface area contributed by atoms with E-state index in [1.54, 1.807) is 0 Å². The Hall–Kier alpha value is 0.220. The molecule has 1 atom stereocenters. The maximum atomic E-state index is 3.77. The van der Waals surface area contributed by atoms with E-state index in [-0.39, 0.29) is 0 Å². The standard InChI is InChI=1S/C11H21Br/c1-3-5-6-7-9-11(10-12)8-4-2/h4,11H,2-3,5-10H2,1H3. The summed E-state index contributed by atoms with van der Waals surface area (Å²) in [4.78, 5) is 0. The quantitative estimate of drug-likeness (QED) is 0.328. The van der Waals surface area contributed by atoms with Crippen LogP contribution < -0.4 is 0 Å². The van der Waals surface area contributed by atoms with Crippen molar-refractivity contribution >= 4 is 15.9 Å². The second-order valence-corrected chi connectivity index (χ2v) is 4.04. The molecule has 0 N–H and O–H groups in total. The van der Waals surface area contributed by atoms with Gasteiger partial charge in [0, 0.05) is 5.33 Å². The van der Waals surface area contributed by atoms with Crippen molar-refractivity contribution < 1.29 is 0 Å². The van der Waals surface area contributed by atoms with Crippen LogP contribution in [0.15, 0.2) is 12.7 Å². The van der Waals surface area contributed by atoms with E-state index < -0.39 is 0 Å². The van der Waals surface area contributed by atoms with E-state index in [4.69, 9.17) is 0 Å². The first-order valence-corrected chi connectivity index (χ1v) is 6.14. The summed E-state index contributed by atoms with van der Waals surface area (Å²) in [6, 6.07) is 0. The van der Waals surface area contributed by atoms with Gasteiger partial charge in [0.25, 0.3) is 0 Å². The lowest BCUT2D eigenvalue weighted by molar-refractivity contribution is 0.503. The predicted octanol–water partition coefficient (Wildman–Crippen LogP) is 4.54. The van der Waals surface area contributed by atoms with Crippen molar-refractivity contribution in [3.63, 3.8) is 0 Å². The van der Waals surface area contributed by atoms with Gasteiger partial charge in [-0.15, -0.1) is 6.58 Å². The molecule has 0 saturated carbocycles. The van der Waals surface area contributed by atoms with E-state index in [0.29, 0.717) is 0 Å². The summed E-state index contributed by atoms with van der Waals surface area (Å²) in [6.07, 6.45) is 10.1. The van der Waals surface area contributed by atoms with E-state index in [1.807, 2.05) is 6.08 Å². The molecule has 0 heterocycles. The summed E-state index contributed by atoms with van der Waals surface area (Å²) in [5.41, 5.74) is 0. The van der Waals surface area contributed by atoms with Gasteiger partial charge in [0.15, 0.2) is 0 Å². The summed E-state index contributed by atoms with van der Waals surface area (Å²) in [5, 5.41) is 1.13. The fraction of sp³-hybridized carbons (Fsp3) is 0.818. The van der Waals surface area contributed by atoms with Crippen LogP contribution in [0.5, 0.6) is 0 Å². The minimum Gasteiger partial charge on any atom is -0.103 e. The van der Waals surface area contributed by atoms with Gasteiger partial charge in [-0.1, -0.05) is 54.6 Å². The van der Waals surface area contributed by atoms with E-state index >= 15 is 0 Å². The number of halogens is 1. The maximum absolute atomic E-state index is 3.77. The summed E-state index contributed by atoms with van der Waals surface area (Å²) < 4.78 is 0. The summed E-state index contributed by atoms with van der Waals surface area (Å²) in [5.74, 6) is 0.819. The number of allylic oxidation sites excluding steroid dienone is 1. The fourth-order valence-corrected chi connectivity index (χ4v) is 1.94. The minimum atomic E-state index is 0.819. The Balaban J connectivity index is 3.25. The Morgan fingerprint density at radius 3 is 2.58 bits per heavy atom. The topological polar surface area (TPSA) is 0 Å². The highest BCUT2D eigenvalue weighted by Crippen LogP contribution is 2.16. The van der Waals surface area contributed by atoms with E-state index in [1.165, 1.54) is 32.1 Å². The zero-order chi connectivity index (χ0) is 9.23. The molecule has 0 radical (unpaired) electrons. The van der Waals surface area contributed by atoms with Crippen LogP contribution in [0, 0.1) is 5.92 Å². The molecule has 0 aliphatic heterocycles. The molecule has 1 heteroatoms. The molecule has 0 nitrogen and oxygen atoms in total. The SMILES string of the molecule is C=CCC(CBr)CCCCCC. The molecule has 0 spiro atoms. The van der Waals surface area contributed by atoms with Gasteiger partial charge in [-0.05, 0) is 18.8 Å². The summed E-state index contributed by atoms with van der Waals surface area (Å²) in [7, 11) is 0. The molecular formula is C11H21Br. The number of unbranched alkanes of at least 4 members (excludes halogenated alkanes) is 3. The second kappa shape index (κ2) is 9.31. The highest BCUT2D eigenvalue weighted by Gasteiger charge is 2.03. The minimum absolute atomic E-state index is 0.819. The lowest BCUT2D eigenvalue weighted by Crippen LogP contribution is -2.00. The molecule has 0 aromatic heterocycles. The first-order chi connectivity index (χ1) is 5.85. The van der Waals surface area contributed by atoms with Gasteiger partial charge < -0.3 is 0 Å². The Bertz CT molecular complexity index is 99.2. The third-order valence-corrected chi connectivity index (χ3v) is 3.10. The molecule has 0 rings (SSSR count). The third-order valence-electron chi connectivity index (χ3n) is 2.18. The lowest BCUT2D eigenvalue weighted by atomic mass is 10.00. The number of rotatable bonds is 8. The lowest BCUT2D eigenvalue weighted by Gasteiger charge is -2.10. The van der Waals surface area contributed by atoms with Crippen molar-refractivity contribution in [3.8, 4) is 0 Å². The van der Waals surface area contributed by atoms with E-state index in [2.05, 4.69) is 29.4 Å². The maximum Gasteiger partial charge on any atom is 0.00626 e. The van der Waals surface area contributed by atoms with Crippen molar-refractivity contribution in [2.45, 2.75) is 45.4 Å². The molecule has 12 heavy (non-hydrogen) atoms. The summed E-state index contributed by atoms with van der Waals surface area (Å²) in [6.45, 7) is 6.03. The molecule has 0 fully saturated rings. The van der Waals surface area contributed by atoms with Crippen LogP contribution in [0.2, 0.25) is 0 Å². The van der Waals surface area contributed by atoms with Gasteiger partial charge in [0.05, 0.1) is 0 Å². The third kappa shape index (κ3) is 6.90. The van der Waals surface area contributed by atoms with Crippen LogP contribution in [0.25, 0.3) is 0 Å². The Labute approximate surface area is 85.6 Å². The highest BCUT2D eigenvalue weighted by molar-refractivity contribution is 9.09. The van der Waals surface area contributed by atoms with Gasteiger partial charge in [-0.3, -0.25) is 0 Å². The second-order valence-electron chi connectivity index (χ2n) is 3.39. The predicted molar refractivity (Wildman–Crippen MR) is 60.9 cm³/mol. The molecule has 0 aliphatic carbocycles. The molecule has 0 amide bonds. The van der Waals surface area contributed by atoms with Crippen LogP contribution in [-0.4, -0.2) is 5.33 Å². The Morgan fingerprint density at radius 1 is 1.33 bits per heavy atom. The van der Waals surface area contributed by atoms with E-state index in [0.717, 1.165) is 17.7 Å². The summed E-state index contributed by atoms with van der Waals surface area (Å²) >= 11 is 3.54. The molecule has 0 bridgehead atoms. The zero-order valence-electron chi connectivity index (χ0n) is 8.19. The fourth-order valence-electron chi connectivity index (χ4n) is 1.35. The monoisotopic (exact) mass is 232 g/mol. The molecule has 0 aromatic rings. The smallest absolute Gasteiger partial charge is 0.00626 e. The first kappa shape index (κ1) is 12.2. The van der Waals surface area contributed by atoms with Crippen molar-refractivity contribution in [1.82, 2.24) is 0 Å². The van der Waals surface area contributed by atoms with Gasteiger partial charge in [-0.25, -0.2) is 0 Å². The molecule has 0 aliphatic rings. The first-order valence-electron chi connectivity index (χ1n) is 5.02. The molecular weight excluding hydrogens is 212 g/mol. The molecule has 72 valence electrons. The van der Waals surface area contributed by atoms with Crippen LogP contribution in [0.4, 0.5) is 0 Å². The normalized spacial score (nSPS) is 12.8. The van der Waals surface area contributed by atoms with Crippen LogP contribution in [-0.2, 0) is 0 Å². The Kier molecular flexibility index (Phi) is 9.48. The highest BCUT2D eigenvalue weighted by atomic mass is 79.9.